The summed E-state index contributed by atoms with van der Waals surface area (Å²) in [4.78, 5) is 0.0338. The number of aliphatic hydroxyl groups excluding tert-OH is 1. The van der Waals surface area contributed by atoms with Crippen LogP contribution in [-0.2, 0) is 0 Å². The van der Waals surface area contributed by atoms with Crippen molar-refractivity contribution in [2.45, 2.75) is 25.7 Å². The maximum absolute atomic E-state index is 10.6. The van der Waals surface area contributed by atoms with Gasteiger partial charge in [0.1, 0.15) is 0 Å². The van der Waals surface area contributed by atoms with E-state index in [1.165, 1.54) is 12.1 Å². The summed E-state index contributed by atoms with van der Waals surface area (Å²) in [5.41, 5.74) is 0. The van der Waals surface area contributed by atoms with Gasteiger partial charge in [-0.1, -0.05) is 12.8 Å². The molecular weight excluding hydrogens is 197 g/mol. The van der Waals surface area contributed by atoms with Crippen LogP contribution in [-0.4, -0.2) is 35.3 Å². The van der Waals surface area contributed by atoms with Gasteiger partial charge in [0.05, 0.1) is 13.6 Å². The molecule has 0 aliphatic carbocycles. The van der Waals surface area contributed by atoms with Gasteiger partial charge in [0.2, 0.25) is 0 Å². The monoisotopic (exact) mass is 213 g/mol. The van der Waals surface area contributed by atoms with E-state index >= 15 is 0 Å². The van der Waals surface area contributed by atoms with Crippen molar-refractivity contribution in [2.75, 3.05) is 20.2 Å². The average molecular weight is 213 g/mol. The normalized spacial score (nSPS) is 10.9. The van der Waals surface area contributed by atoms with Gasteiger partial charge in [-0.25, -0.2) is 0 Å². The largest absolute Gasteiger partial charge is 1.00 e. The van der Waals surface area contributed by atoms with Crippen LogP contribution in [0.15, 0.2) is 5.28 Å². The first-order valence-electron chi connectivity index (χ1n) is 4.34. The van der Waals surface area contributed by atoms with Crippen LogP contribution in [0.5, 0.6) is 0 Å². The summed E-state index contributed by atoms with van der Waals surface area (Å²) >= 11 is 0. The van der Waals surface area contributed by atoms with Gasteiger partial charge in [0.15, 0.2) is 0 Å². The molecule has 6 nitrogen and oxygen atoms in total. The first-order valence-corrected chi connectivity index (χ1v) is 4.34. The van der Waals surface area contributed by atoms with Crippen molar-refractivity contribution in [3.8, 4) is 0 Å². The van der Waals surface area contributed by atoms with Gasteiger partial charge in [-0.2, -0.15) is 5.01 Å². The van der Waals surface area contributed by atoms with Crippen LogP contribution in [0.4, 0.5) is 0 Å². The van der Waals surface area contributed by atoms with Crippen molar-refractivity contribution in [3.05, 3.63) is 10.4 Å². The molecule has 0 saturated heterocycles. The molecule has 0 rings (SSSR count). The van der Waals surface area contributed by atoms with Crippen LogP contribution in [0.25, 0.3) is 0 Å². The molecule has 0 heterocycles. The molecule has 14 heavy (non-hydrogen) atoms. The van der Waals surface area contributed by atoms with Gasteiger partial charge in [0, 0.05) is 11.6 Å². The third kappa shape index (κ3) is 8.55. The Morgan fingerprint density at radius 2 is 1.86 bits per heavy atom. The van der Waals surface area contributed by atoms with Crippen LogP contribution in [0.1, 0.15) is 25.7 Å². The van der Waals surface area contributed by atoms with Crippen molar-refractivity contribution in [1.29, 1.82) is 0 Å². The minimum absolute atomic E-state index is 0. The number of hydrazine groups is 1. The fourth-order valence-corrected chi connectivity index (χ4v) is 0.954. The molecule has 7 heteroatoms. The number of nitrogens with zero attached hydrogens (tertiary/aromatic N) is 3. The molecule has 0 amide bonds. The van der Waals surface area contributed by atoms with E-state index in [1.807, 2.05) is 0 Å². The van der Waals surface area contributed by atoms with Gasteiger partial charge in [-0.15, -0.1) is 0 Å². The maximum atomic E-state index is 10.6. The standard InChI is InChI=1S/C7H17N3O3.Na/c1-9(10(13)8-12)6-4-2-3-5-7-11;/h11-12H,2-7H2,1H3;/q;+1/p-1/b10-8-;. The Balaban J connectivity index is 0. The van der Waals surface area contributed by atoms with E-state index in [4.69, 9.17) is 5.11 Å². The summed E-state index contributed by atoms with van der Waals surface area (Å²) in [6, 6.07) is 0. The van der Waals surface area contributed by atoms with E-state index in [9.17, 15) is 10.4 Å². The minimum atomic E-state index is 0. The van der Waals surface area contributed by atoms with Crippen molar-refractivity contribution in [3.63, 3.8) is 0 Å². The zero-order valence-corrected chi connectivity index (χ0v) is 10.8. The Morgan fingerprint density at radius 1 is 1.29 bits per heavy atom. The van der Waals surface area contributed by atoms with Crippen LogP contribution in [0.2, 0.25) is 0 Å². The fraction of sp³-hybridized carbons (Fsp3) is 1.00. The Kier molecular flexibility index (Phi) is 12.9. The van der Waals surface area contributed by atoms with Gasteiger partial charge in [-0.3, -0.25) is 0 Å². The smallest absolute Gasteiger partial charge is 0.737 e. The summed E-state index contributed by atoms with van der Waals surface area (Å²) in [5.74, 6) is 0. The molecule has 0 saturated carbocycles. The summed E-state index contributed by atoms with van der Waals surface area (Å²) in [7, 11) is 1.51. The van der Waals surface area contributed by atoms with E-state index in [0.717, 1.165) is 25.7 Å². The maximum Gasteiger partial charge on any atom is 1.00 e. The summed E-state index contributed by atoms with van der Waals surface area (Å²) < 4.78 is 0. The third-order valence-electron chi connectivity index (χ3n) is 1.75. The predicted molar refractivity (Wildman–Crippen MR) is 47.6 cm³/mol. The van der Waals surface area contributed by atoms with Crippen molar-refractivity contribution in [2.24, 2.45) is 5.28 Å². The van der Waals surface area contributed by atoms with Crippen molar-refractivity contribution >= 4 is 0 Å². The Labute approximate surface area is 106 Å². The first kappa shape index (κ1) is 16.4. The topological polar surface area (TPSA) is 85.0 Å². The molecule has 78 valence electrons. The summed E-state index contributed by atoms with van der Waals surface area (Å²) in [5, 5.41) is 32.2. The Hall–Kier alpha value is -0.0400. The van der Waals surface area contributed by atoms with Gasteiger partial charge >= 0.3 is 29.6 Å². The molecule has 0 aromatic rings. The van der Waals surface area contributed by atoms with Crippen LogP contribution >= 0.6 is 0 Å². The Morgan fingerprint density at radius 3 is 2.36 bits per heavy atom. The zero-order valence-electron chi connectivity index (χ0n) is 8.85. The molecular formula is C7H16N3NaO3. The van der Waals surface area contributed by atoms with Gasteiger partial charge < -0.3 is 15.5 Å². The number of unbranched alkanes of at least 4 members (excludes halogenated alkanes) is 3. The molecule has 0 atom stereocenters. The second kappa shape index (κ2) is 11.0. The SMILES string of the molecule is CN(CCCCCCO)/[N+]([O-])=N/[O-].[Na+]. The quantitative estimate of drug-likeness (QED) is 0.172. The molecule has 0 aliphatic rings. The molecule has 0 spiro atoms. The summed E-state index contributed by atoms with van der Waals surface area (Å²) in [6.45, 7) is 0.722. The van der Waals surface area contributed by atoms with Crippen LogP contribution in [0, 0.1) is 10.4 Å². The second-order valence-corrected chi connectivity index (χ2v) is 2.85. The molecule has 0 bridgehead atoms. The van der Waals surface area contributed by atoms with E-state index in [0.29, 0.717) is 6.54 Å². The molecule has 0 unspecified atom stereocenters. The van der Waals surface area contributed by atoms with E-state index in [2.05, 4.69) is 5.28 Å². The first-order chi connectivity index (χ1) is 6.22. The molecule has 0 fully saturated rings. The van der Waals surface area contributed by atoms with Crippen molar-refractivity contribution in [1.82, 2.24) is 5.01 Å². The molecule has 0 aliphatic heterocycles. The van der Waals surface area contributed by atoms with Crippen LogP contribution < -0.4 is 29.6 Å². The van der Waals surface area contributed by atoms with Gasteiger partial charge in [-0.05, 0) is 18.1 Å². The minimum Gasteiger partial charge on any atom is -0.737 e. The average Bonchev–Trinajstić information content (AvgIpc) is 2.16. The Bertz CT molecular complexity index is 157. The second-order valence-electron chi connectivity index (χ2n) is 2.85. The van der Waals surface area contributed by atoms with Crippen LogP contribution in [0.3, 0.4) is 0 Å². The van der Waals surface area contributed by atoms with E-state index < -0.39 is 0 Å². The summed E-state index contributed by atoms with van der Waals surface area (Å²) in [6.07, 6.45) is 3.50. The van der Waals surface area contributed by atoms with Crippen molar-refractivity contribution < 1.29 is 39.6 Å². The zero-order chi connectivity index (χ0) is 10.1. The third-order valence-corrected chi connectivity index (χ3v) is 1.75. The number of hydrogen-bond acceptors (Lipinski definition) is 4. The number of rotatable bonds is 7. The molecule has 0 aromatic carbocycles. The van der Waals surface area contributed by atoms with E-state index in [-0.39, 0.29) is 41.1 Å². The van der Waals surface area contributed by atoms with Gasteiger partial charge in [0.25, 0.3) is 0 Å². The number of hydrogen-bond donors (Lipinski definition) is 1. The predicted octanol–water partition coefficient (Wildman–Crippen LogP) is -2.15. The van der Waals surface area contributed by atoms with E-state index in [1.54, 1.807) is 0 Å². The molecule has 0 radical (unpaired) electrons. The number of aliphatic hydroxyl groups is 1. The fourth-order valence-electron chi connectivity index (χ4n) is 0.954. The molecule has 0 aromatic heterocycles. The molecule has 1 N–H and O–H groups in total.